The second-order valence-corrected chi connectivity index (χ2v) is 6.77. The van der Waals surface area contributed by atoms with E-state index in [9.17, 15) is 13.6 Å². The number of alkyl halides is 2. The van der Waals surface area contributed by atoms with Crippen LogP contribution in [0.25, 0.3) is 0 Å². The number of hydrogen-bond donors (Lipinski definition) is 0. The second-order valence-electron chi connectivity index (χ2n) is 6.77. The van der Waals surface area contributed by atoms with Crippen molar-refractivity contribution in [3.05, 3.63) is 34.8 Å². The summed E-state index contributed by atoms with van der Waals surface area (Å²) in [4.78, 5) is 18.8. The summed E-state index contributed by atoms with van der Waals surface area (Å²) >= 11 is 0. The van der Waals surface area contributed by atoms with Crippen molar-refractivity contribution in [1.29, 1.82) is 0 Å². The molecule has 1 aliphatic heterocycles. The molecule has 25 heavy (non-hydrogen) atoms. The van der Waals surface area contributed by atoms with Gasteiger partial charge in [-0.2, -0.15) is 5.10 Å². The molecule has 1 amide bonds. The molecule has 3 rings (SSSR count). The Morgan fingerprint density at radius 3 is 2.80 bits per heavy atom. The van der Waals surface area contributed by atoms with Gasteiger partial charge in [0.1, 0.15) is 22.8 Å². The molecule has 2 aromatic rings. The third-order valence-electron chi connectivity index (χ3n) is 4.34. The average Bonchev–Trinajstić information content (AvgIpc) is 3.14. The molecule has 3 heterocycles. The van der Waals surface area contributed by atoms with Crippen LogP contribution in [0.3, 0.4) is 0 Å². The predicted octanol–water partition coefficient (Wildman–Crippen LogP) is 3.13. The van der Waals surface area contributed by atoms with Gasteiger partial charge in [-0.15, -0.1) is 0 Å². The van der Waals surface area contributed by atoms with Crippen LogP contribution in [0.4, 0.5) is 8.78 Å². The Labute approximate surface area is 144 Å². The first kappa shape index (κ1) is 17.6. The van der Waals surface area contributed by atoms with Gasteiger partial charge in [0.05, 0.1) is 6.54 Å². The fourth-order valence-electron chi connectivity index (χ4n) is 2.90. The van der Waals surface area contributed by atoms with Crippen molar-refractivity contribution in [3.8, 4) is 0 Å². The molecule has 136 valence electrons. The lowest BCUT2D eigenvalue weighted by Gasteiger charge is -2.25. The molecule has 8 heteroatoms. The second kappa shape index (κ2) is 6.93. The van der Waals surface area contributed by atoms with Gasteiger partial charge in [0.25, 0.3) is 12.3 Å². The Morgan fingerprint density at radius 1 is 1.40 bits per heavy atom. The number of aromatic nitrogens is 3. The van der Waals surface area contributed by atoms with E-state index in [0.717, 1.165) is 30.4 Å². The fourth-order valence-corrected chi connectivity index (χ4v) is 2.90. The SMILES string of the molecule is CC(C)CCc1nc2c(o1)CCN(C(=O)c1cc(C(F)F)nn1C)C2. The third kappa shape index (κ3) is 3.72. The van der Waals surface area contributed by atoms with Crippen LogP contribution in [-0.4, -0.2) is 32.1 Å². The van der Waals surface area contributed by atoms with E-state index in [0.29, 0.717) is 31.3 Å². The molecule has 0 atom stereocenters. The van der Waals surface area contributed by atoms with Crippen LogP contribution in [0.1, 0.15) is 60.2 Å². The van der Waals surface area contributed by atoms with Crippen molar-refractivity contribution in [3.63, 3.8) is 0 Å². The molecular formula is C17H22F2N4O2. The van der Waals surface area contributed by atoms with Crippen molar-refractivity contribution in [2.75, 3.05) is 6.54 Å². The third-order valence-corrected chi connectivity index (χ3v) is 4.34. The minimum absolute atomic E-state index is 0.155. The highest BCUT2D eigenvalue weighted by Crippen LogP contribution is 2.24. The number of rotatable bonds is 5. The van der Waals surface area contributed by atoms with Crippen molar-refractivity contribution >= 4 is 5.91 Å². The standard InChI is InChI=1S/C17H22F2N4O2/c1-10(2)4-5-15-20-12-9-23(7-6-14(12)25-15)17(24)13-8-11(16(18)19)21-22(13)3/h8,10,16H,4-7,9H2,1-3H3. The Morgan fingerprint density at radius 2 is 2.16 bits per heavy atom. The number of halogens is 2. The molecule has 2 aromatic heterocycles. The zero-order valence-corrected chi connectivity index (χ0v) is 14.6. The van der Waals surface area contributed by atoms with Crippen LogP contribution in [0.15, 0.2) is 10.5 Å². The highest BCUT2D eigenvalue weighted by Gasteiger charge is 2.28. The summed E-state index contributed by atoms with van der Waals surface area (Å²) in [6.07, 6.45) is -0.347. The van der Waals surface area contributed by atoms with Crippen molar-refractivity contribution in [1.82, 2.24) is 19.7 Å². The van der Waals surface area contributed by atoms with E-state index in [2.05, 4.69) is 23.9 Å². The summed E-state index contributed by atoms with van der Waals surface area (Å²) in [6, 6.07) is 1.15. The van der Waals surface area contributed by atoms with Crippen molar-refractivity contribution < 1.29 is 18.0 Å². The number of amides is 1. The van der Waals surface area contributed by atoms with Crippen LogP contribution in [0.2, 0.25) is 0 Å². The molecule has 0 saturated heterocycles. The molecule has 0 radical (unpaired) electrons. The molecule has 0 aromatic carbocycles. The topological polar surface area (TPSA) is 64.2 Å². The van der Waals surface area contributed by atoms with Gasteiger partial charge in [-0.1, -0.05) is 13.8 Å². The van der Waals surface area contributed by atoms with E-state index in [1.165, 1.54) is 11.7 Å². The Balaban J connectivity index is 1.73. The quantitative estimate of drug-likeness (QED) is 0.829. The molecule has 0 fully saturated rings. The molecular weight excluding hydrogens is 330 g/mol. The summed E-state index contributed by atoms with van der Waals surface area (Å²) in [6.45, 7) is 5.09. The van der Waals surface area contributed by atoms with E-state index in [1.54, 1.807) is 4.90 Å². The highest BCUT2D eigenvalue weighted by atomic mass is 19.3. The highest BCUT2D eigenvalue weighted by molar-refractivity contribution is 5.92. The Kier molecular flexibility index (Phi) is 4.87. The van der Waals surface area contributed by atoms with Crippen LogP contribution in [-0.2, 0) is 26.4 Å². The van der Waals surface area contributed by atoms with Gasteiger partial charge < -0.3 is 9.32 Å². The minimum Gasteiger partial charge on any atom is -0.445 e. The summed E-state index contributed by atoms with van der Waals surface area (Å²) in [5, 5.41) is 3.70. The summed E-state index contributed by atoms with van der Waals surface area (Å²) in [5.74, 6) is 1.77. The van der Waals surface area contributed by atoms with E-state index < -0.39 is 6.43 Å². The molecule has 0 N–H and O–H groups in total. The zero-order valence-electron chi connectivity index (χ0n) is 14.6. The maximum atomic E-state index is 12.8. The van der Waals surface area contributed by atoms with Crippen molar-refractivity contribution in [2.24, 2.45) is 13.0 Å². The van der Waals surface area contributed by atoms with Gasteiger partial charge in [-0.25, -0.2) is 13.8 Å². The first-order valence-electron chi connectivity index (χ1n) is 8.44. The van der Waals surface area contributed by atoms with Gasteiger partial charge in [-0.05, 0) is 18.4 Å². The monoisotopic (exact) mass is 352 g/mol. The maximum absolute atomic E-state index is 12.8. The lowest BCUT2D eigenvalue weighted by atomic mass is 10.1. The number of fused-ring (bicyclic) bond motifs is 1. The lowest BCUT2D eigenvalue weighted by molar-refractivity contribution is 0.0716. The minimum atomic E-state index is -2.69. The van der Waals surface area contributed by atoms with E-state index >= 15 is 0 Å². The first-order chi connectivity index (χ1) is 11.8. The predicted molar refractivity (Wildman–Crippen MR) is 86.3 cm³/mol. The summed E-state index contributed by atoms with van der Waals surface area (Å²) in [7, 11) is 1.49. The van der Waals surface area contributed by atoms with Gasteiger partial charge >= 0.3 is 0 Å². The Bertz CT molecular complexity index is 767. The average molecular weight is 352 g/mol. The molecule has 0 unspecified atom stereocenters. The zero-order chi connectivity index (χ0) is 18.1. The number of carbonyl (C=O) groups excluding carboxylic acids is 1. The number of nitrogens with zero attached hydrogens (tertiary/aromatic N) is 4. The molecule has 0 aliphatic carbocycles. The molecule has 0 bridgehead atoms. The number of oxazole rings is 1. The normalized spacial score (nSPS) is 14.4. The van der Waals surface area contributed by atoms with Crippen molar-refractivity contribution in [2.45, 2.75) is 46.1 Å². The lowest BCUT2D eigenvalue weighted by Crippen LogP contribution is -2.36. The molecule has 0 saturated carbocycles. The fraction of sp³-hybridized carbons (Fsp3) is 0.588. The molecule has 6 nitrogen and oxygen atoms in total. The van der Waals surface area contributed by atoms with Crippen LogP contribution in [0.5, 0.6) is 0 Å². The van der Waals surface area contributed by atoms with Crippen LogP contribution >= 0.6 is 0 Å². The van der Waals surface area contributed by atoms with Gasteiger partial charge in [0, 0.05) is 26.4 Å². The Hall–Kier alpha value is -2.25. The van der Waals surface area contributed by atoms with E-state index in [4.69, 9.17) is 4.42 Å². The largest absolute Gasteiger partial charge is 0.445 e. The summed E-state index contributed by atoms with van der Waals surface area (Å²) in [5.41, 5.74) is 0.526. The molecule has 1 aliphatic rings. The van der Waals surface area contributed by atoms with Gasteiger partial charge in [0.15, 0.2) is 5.89 Å². The maximum Gasteiger partial charge on any atom is 0.282 e. The smallest absolute Gasteiger partial charge is 0.282 e. The van der Waals surface area contributed by atoms with Gasteiger partial charge in [0.2, 0.25) is 0 Å². The molecule has 0 spiro atoms. The summed E-state index contributed by atoms with van der Waals surface area (Å²) < 4.78 is 32.5. The van der Waals surface area contributed by atoms with E-state index in [1.807, 2.05) is 0 Å². The first-order valence-corrected chi connectivity index (χ1v) is 8.44. The van der Waals surface area contributed by atoms with Crippen LogP contribution in [0, 0.1) is 5.92 Å². The van der Waals surface area contributed by atoms with Crippen LogP contribution < -0.4 is 0 Å². The number of carbonyl (C=O) groups is 1. The number of hydrogen-bond acceptors (Lipinski definition) is 4. The van der Waals surface area contributed by atoms with E-state index in [-0.39, 0.29) is 17.3 Å². The number of aryl methyl sites for hydroxylation is 2. The van der Waals surface area contributed by atoms with Gasteiger partial charge in [-0.3, -0.25) is 9.48 Å².